The Hall–Kier alpha value is -2.10. The van der Waals surface area contributed by atoms with Crippen LogP contribution in [0.25, 0.3) is 0 Å². The molecule has 0 saturated carbocycles. The number of benzene rings is 1. The number of carboxylic acid groups (broad SMARTS) is 1. The number of carboxylic acids is 1. The lowest BCUT2D eigenvalue weighted by Crippen LogP contribution is -2.35. The van der Waals surface area contributed by atoms with Crippen LogP contribution < -0.4 is 5.32 Å². The van der Waals surface area contributed by atoms with Gasteiger partial charge in [-0.3, -0.25) is 9.59 Å². The zero-order valence-corrected chi connectivity index (χ0v) is 11.9. The number of nitrogens with one attached hydrogen (secondary N) is 1. The maximum atomic E-state index is 12.0. The van der Waals surface area contributed by atoms with Crippen LogP contribution in [0.4, 0.5) is 0 Å². The third-order valence-electron chi connectivity index (χ3n) is 3.27. The van der Waals surface area contributed by atoms with Crippen molar-refractivity contribution in [2.75, 3.05) is 0 Å². The number of allylic oxidation sites excluding steroid dienone is 2. The highest BCUT2D eigenvalue weighted by atomic mass is 16.4. The van der Waals surface area contributed by atoms with Gasteiger partial charge in [-0.2, -0.15) is 0 Å². The Morgan fingerprint density at radius 3 is 2.50 bits per heavy atom. The van der Waals surface area contributed by atoms with Gasteiger partial charge in [0.25, 0.3) is 0 Å². The largest absolute Gasteiger partial charge is 0.481 e. The third-order valence-corrected chi connectivity index (χ3v) is 3.27. The van der Waals surface area contributed by atoms with Crippen LogP contribution in [0.3, 0.4) is 0 Å². The number of carbonyl (C=O) groups excluding carboxylic acids is 1. The zero-order chi connectivity index (χ0) is 15.0. The van der Waals surface area contributed by atoms with Crippen LogP contribution in [0.15, 0.2) is 42.5 Å². The summed E-state index contributed by atoms with van der Waals surface area (Å²) in [6, 6.07) is 9.54. The lowest BCUT2D eigenvalue weighted by Gasteiger charge is -2.18. The fourth-order valence-electron chi connectivity index (χ4n) is 1.93. The quantitative estimate of drug-likeness (QED) is 0.752. The molecule has 108 valence electrons. The van der Waals surface area contributed by atoms with Crippen LogP contribution in [0.5, 0.6) is 0 Å². The average Bonchev–Trinajstić information content (AvgIpc) is 2.45. The smallest absolute Gasteiger partial charge is 0.307 e. The molecule has 0 heterocycles. The molecule has 4 heteroatoms. The summed E-state index contributed by atoms with van der Waals surface area (Å²) in [5.41, 5.74) is 0.994. The minimum Gasteiger partial charge on any atom is -0.481 e. The van der Waals surface area contributed by atoms with Crippen molar-refractivity contribution in [2.45, 2.75) is 26.8 Å². The Labute approximate surface area is 119 Å². The maximum absolute atomic E-state index is 12.0. The Bertz CT molecular complexity index is 468. The molecule has 0 radical (unpaired) electrons. The summed E-state index contributed by atoms with van der Waals surface area (Å²) in [7, 11) is 0. The fourth-order valence-corrected chi connectivity index (χ4v) is 1.93. The standard InChI is InChI=1S/C16H21NO3/c1-3-4-10-14(16(19)20)12(2)15(18)17-11-13-8-6-5-7-9-13/h3-9,12,14H,10-11H2,1-2H3,(H,17,18)(H,19,20). The molecule has 2 atom stereocenters. The predicted molar refractivity (Wildman–Crippen MR) is 78.0 cm³/mol. The van der Waals surface area contributed by atoms with E-state index in [1.165, 1.54) is 0 Å². The number of carbonyl (C=O) groups is 2. The molecule has 2 N–H and O–H groups in total. The van der Waals surface area contributed by atoms with Crippen LogP contribution in [-0.2, 0) is 16.1 Å². The summed E-state index contributed by atoms with van der Waals surface area (Å²) < 4.78 is 0. The highest BCUT2D eigenvalue weighted by molar-refractivity contribution is 5.84. The summed E-state index contributed by atoms with van der Waals surface area (Å²) in [6.07, 6.45) is 3.94. The molecular formula is C16H21NO3. The van der Waals surface area contributed by atoms with Gasteiger partial charge < -0.3 is 10.4 Å². The van der Waals surface area contributed by atoms with Crippen molar-refractivity contribution in [2.24, 2.45) is 11.8 Å². The normalized spacial score (nSPS) is 13.9. The molecule has 0 aliphatic heterocycles. The fraction of sp³-hybridized carbons (Fsp3) is 0.375. The second kappa shape index (κ2) is 8.15. The Morgan fingerprint density at radius 1 is 1.30 bits per heavy atom. The van der Waals surface area contributed by atoms with Gasteiger partial charge in [-0.05, 0) is 18.9 Å². The summed E-state index contributed by atoms with van der Waals surface area (Å²) in [5.74, 6) is -2.43. The molecular weight excluding hydrogens is 254 g/mol. The molecule has 0 fully saturated rings. The Morgan fingerprint density at radius 2 is 1.95 bits per heavy atom. The minimum atomic E-state index is -0.939. The second-order valence-corrected chi connectivity index (χ2v) is 4.74. The summed E-state index contributed by atoms with van der Waals surface area (Å²) in [5, 5.41) is 12.0. The van der Waals surface area contributed by atoms with Gasteiger partial charge in [0.05, 0.1) is 5.92 Å². The van der Waals surface area contributed by atoms with Gasteiger partial charge in [-0.25, -0.2) is 0 Å². The van der Waals surface area contributed by atoms with Crippen LogP contribution in [0.1, 0.15) is 25.8 Å². The van der Waals surface area contributed by atoms with Crippen molar-refractivity contribution in [1.82, 2.24) is 5.32 Å². The van der Waals surface area contributed by atoms with Crippen LogP contribution in [0, 0.1) is 11.8 Å². The summed E-state index contributed by atoms with van der Waals surface area (Å²) in [4.78, 5) is 23.2. The molecule has 2 unspecified atom stereocenters. The molecule has 0 aliphatic carbocycles. The first-order valence-corrected chi connectivity index (χ1v) is 6.71. The number of amides is 1. The predicted octanol–water partition coefficient (Wildman–Crippen LogP) is 2.61. The molecule has 1 rings (SSSR count). The Kier molecular flexibility index (Phi) is 6.50. The van der Waals surface area contributed by atoms with Gasteiger partial charge >= 0.3 is 5.97 Å². The van der Waals surface area contributed by atoms with E-state index in [0.717, 1.165) is 5.56 Å². The second-order valence-electron chi connectivity index (χ2n) is 4.74. The topological polar surface area (TPSA) is 66.4 Å². The first-order valence-electron chi connectivity index (χ1n) is 6.71. The van der Waals surface area contributed by atoms with E-state index < -0.39 is 17.8 Å². The third kappa shape index (κ3) is 4.88. The van der Waals surface area contributed by atoms with Crippen LogP contribution >= 0.6 is 0 Å². The zero-order valence-electron chi connectivity index (χ0n) is 11.9. The van der Waals surface area contributed by atoms with Crippen molar-refractivity contribution in [3.63, 3.8) is 0 Å². The van der Waals surface area contributed by atoms with E-state index in [9.17, 15) is 14.7 Å². The van der Waals surface area contributed by atoms with Gasteiger partial charge in [-0.1, -0.05) is 49.4 Å². The highest BCUT2D eigenvalue weighted by Gasteiger charge is 2.28. The van der Waals surface area contributed by atoms with E-state index in [1.54, 1.807) is 19.1 Å². The number of aliphatic carboxylic acids is 1. The molecule has 0 saturated heterocycles. The molecule has 0 aromatic heterocycles. The van der Waals surface area contributed by atoms with Crippen LogP contribution in [-0.4, -0.2) is 17.0 Å². The lowest BCUT2D eigenvalue weighted by molar-refractivity contribution is -0.146. The number of hydrogen-bond donors (Lipinski definition) is 2. The lowest BCUT2D eigenvalue weighted by atomic mass is 9.90. The van der Waals surface area contributed by atoms with E-state index in [1.807, 2.05) is 37.3 Å². The molecule has 1 aromatic rings. The minimum absolute atomic E-state index is 0.231. The molecule has 0 spiro atoms. The Balaban J connectivity index is 2.58. The van der Waals surface area contributed by atoms with Crippen molar-refractivity contribution >= 4 is 11.9 Å². The van der Waals surface area contributed by atoms with E-state index >= 15 is 0 Å². The van der Waals surface area contributed by atoms with E-state index in [2.05, 4.69) is 5.32 Å². The average molecular weight is 275 g/mol. The molecule has 1 amide bonds. The summed E-state index contributed by atoms with van der Waals surface area (Å²) >= 11 is 0. The molecule has 4 nitrogen and oxygen atoms in total. The number of hydrogen-bond acceptors (Lipinski definition) is 2. The van der Waals surface area contributed by atoms with Gasteiger partial charge in [0.2, 0.25) is 5.91 Å². The highest BCUT2D eigenvalue weighted by Crippen LogP contribution is 2.17. The van der Waals surface area contributed by atoms with E-state index in [4.69, 9.17) is 0 Å². The van der Waals surface area contributed by atoms with Gasteiger partial charge in [0.15, 0.2) is 0 Å². The number of rotatable bonds is 7. The molecule has 0 aliphatic rings. The van der Waals surface area contributed by atoms with E-state index in [-0.39, 0.29) is 5.91 Å². The summed E-state index contributed by atoms with van der Waals surface area (Å²) in [6.45, 7) is 3.90. The monoisotopic (exact) mass is 275 g/mol. The van der Waals surface area contributed by atoms with Crippen molar-refractivity contribution < 1.29 is 14.7 Å². The molecule has 0 bridgehead atoms. The SMILES string of the molecule is CC=CCC(C(=O)O)C(C)C(=O)NCc1ccccc1. The van der Waals surface area contributed by atoms with Gasteiger partial charge in [0, 0.05) is 12.5 Å². The van der Waals surface area contributed by atoms with Crippen molar-refractivity contribution in [1.29, 1.82) is 0 Å². The van der Waals surface area contributed by atoms with Crippen LogP contribution in [0.2, 0.25) is 0 Å². The first-order chi connectivity index (χ1) is 9.56. The molecule has 20 heavy (non-hydrogen) atoms. The maximum Gasteiger partial charge on any atom is 0.307 e. The van der Waals surface area contributed by atoms with Crippen molar-refractivity contribution in [3.05, 3.63) is 48.0 Å². The van der Waals surface area contributed by atoms with E-state index in [0.29, 0.717) is 13.0 Å². The molecule has 1 aromatic carbocycles. The van der Waals surface area contributed by atoms with Gasteiger partial charge in [-0.15, -0.1) is 0 Å². The van der Waals surface area contributed by atoms with Crippen molar-refractivity contribution in [3.8, 4) is 0 Å². The van der Waals surface area contributed by atoms with Gasteiger partial charge in [0.1, 0.15) is 0 Å². The first kappa shape index (κ1) is 16.0.